The van der Waals surface area contributed by atoms with E-state index < -0.39 is 0 Å². The van der Waals surface area contributed by atoms with Crippen LogP contribution >= 0.6 is 35.6 Å². The third-order valence-electron chi connectivity index (χ3n) is 4.35. The van der Waals surface area contributed by atoms with E-state index >= 15 is 0 Å². The second-order valence-corrected chi connectivity index (χ2v) is 7.05. The van der Waals surface area contributed by atoms with Crippen LogP contribution in [0.2, 0.25) is 5.02 Å². The van der Waals surface area contributed by atoms with E-state index in [0.29, 0.717) is 42.5 Å². The first-order valence-corrected chi connectivity index (χ1v) is 10.2. The zero-order valence-electron chi connectivity index (χ0n) is 17.7. The molecule has 0 heterocycles. The van der Waals surface area contributed by atoms with E-state index in [2.05, 4.69) is 26.3 Å². The average Bonchev–Trinajstić information content (AvgIpc) is 2.76. The van der Waals surface area contributed by atoms with Crippen molar-refractivity contribution in [3.8, 4) is 0 Å². The van der Waals surface area contributed by atoms with Crippen LogP contribution in [0.5, 0.6) is 0 Å². The quantitative estimate of drug-likeness (QED) is 0.164. The van der Waals surface area contributed by atoms with Gasteiger partial charge in [-0.15, -0.1) is 24.0 Å². The lowest BCUT2D eigenvalue weighted by atomic mass is 10.1. The lowest BCUT2D eigenvalue weighted by Gasteiger charge is -2.12. The van der Waals surface area contributed by atoms with Crippen LogP contribution in [0.15, 0.2) is 53.5 Å². The van der Waals surface area contributed by atoms with Crippen molar-refractivity contribution < 1.29 is 9.59 Å². The Balaban J connectivity index is 0.00000480. The number of hydrogen-bond donors (Lipinski definition) is 4. The zero-order chi connectivity index (χ0) is 21.8. The van der Waals surface area contributed by atoms with Crippen molar-refractivity contribution in [2.75, 3.05) is 32.5 Å². The molecule has 0 radical (unpaired) electrons. The summed E-state index contributed by atoms with van der Waals surface area (Å²) in [6, 6.07) is 14.6. The highest BCUT2D eigenvalue weighted by Gasteiger charge is 2.05. The lowest BCUT2D eigenvalue weighted by Crippen LogP contribution is -2.38. The molecule has 2 aromatic rings. The van der Waals surface area contributed by atoms with Crippen LogP contribution in [0.25, 0.3) is 0 Å². The van der Waals surface area contributed by atoms with Gasteiger partial charge in [-0.25, -0.2) is 0 Å². The fraction of sp³-hybridized carbons (Fsp3) is 0.318. The van der Waals surface area contributed by atoms with Gasteiger partial charge in [-0.1, -0.05) is 23.7 Å². The van der Waals surface area contributed by atoms with Crippen LogP contribution in [0.4, 0.5) is 5.69 Å². The highest BCUT2D eigenvalue weighted by atomic mass is 127. The molecule has 31 heavy (non-hydrogen) atoms. The number of amides is 2. The van der Waals surface area contributed by atoms with E-state index in [0.717, 1.165) is 17.7 Å². The molecule has 2 aromatic carbocycles. The van der Waals surface area contributed by atoms with E-state index in [1.54, 1.807) is 44.4 Å². The van der Waals surface area contributed by atoms with Gasteiger partial charge in [0.05, 0.1) is 0 Å². The van der Waals surface area contributed by atoms with Crippen molar-refractivity contribution in [3.05, 3.63) is 64.7 Å². The Kier molecular flexibility index (Phi) is 12.6. The van der Waals surface area contributed by atoms with Crippen molar-refractivity contribution in [3.63, 3.8) is 0 Å². The van der Waals surface area contributed by atoms with E-state index in [1.165, 1.54) is 0 Å². The summed E-state index contributed by atoms with van der Waals surface area (Å²) in [6.07, 6.45) is 1.84. The third-order valence-corrected chi connectivity index (χ3v) is 4.60. The SMILES string of the molecule is CN=C(NCCCC(=O)Nc1ccc(Cl)cc1)NCCc1cccc(C(=O)NC)c1.I. The molecular weight excluding hydrogens is 529 g/mol. The zero-order valence-corrected chi connectivity index (χ0v) is 20.8. The smallest absolute Gasteiger partial charge is 0.251 e. The molecular formula is C22H29ClIN5O2. The van der Waals surface area contributed by atoms with Gasteiger partial charge in [-0.3, -0.25) is 14.6 Å². The van der Waals surface area contributed by atoms with Gasteiger partial charge < -0.3 is 21.3 Å². The highest BCUT2D eigenvalue weighted by molar-refractivity contribution is 14.0. The van der Waals surface area contributed by atoms with Gasteiger partial charge in [0.25, 0.3) is 5.91 Å². The van der Waals surface area contributed by atoms with Crippen molar-refractivity contribution in [1.82, 2.24) is 16.0 Å². The van der Waals surface area contributed by atoms with Gasteiger partial charge in [-0.2, -0.15) is 0 Å². The summed E-state index contributed by atoms with van der Waals surface area (Å²) >= 11 is 5.84. The molecule has 0 saturated carbocycles. The maximum atomic E-state index is 12.0. The van der Waals surface area contributed by atoms with Gasteiger partial charge in [0, 0.05) is 49.9 Å². The number of nitrogens with one attached hydrogen (secondary N) is 4. The standard InChI is InChI=1S/C22H28ClN5O2.HI/c1-24-21(30)17-6-3-5-16(15-17)12-14-27-22(25-2)26-13-4-7-20(29)28-19-10-8-18(23)9-11-19;/h3,5-6,8-11,15H,4,7,12-14H2,1-2H3,(H,24,30)(H,28,29)(H2,25,26,27);1H. The molecule has 0 saturated heterocycles. The second-order valence-electron chi connectivity index (χ2n) is 6.61. The molecule has 0 aliphatic heterocycles. The number of guanidine groups is 1. The summed E-state index contributed by atoms with van der Waals surface area (Å²) in [5.74, 6) is 0.538. The Morgan fingerprint density at radius 2 is 1.74 bits per heavy atom. The molecule has 2 rings (SSSR count). The first-order chi connectivity index (χ1) is 14.5. The lowest BCUT2D eigenvalue weighted by molar-refractivity contribution is -0.116. The second kappa shape index (κ2) is 14.6. The predicted octanol–water partition coefficient (Wildman–Crippen LogP) is 3.44. The maximum absolute atomic E-state index is 12.0. The monoisotopic (exact) mass is 557 g/mol. The van der Waals surface area contributed by atoms with Gasteiger partial charge in [0.15, 0.2) is 5.96 Å². The van der Waals surface area contributed by atoms with Gasteiger partial charge >= 0.3 is 0 Å². The summed E-state index contributed by atoms with van der Waals surface area (Å²) in [5, 5.41) is 12.5. The largest absolute Gasteiger partial charge is 0.356 e. The minimum atomic E-state index is -0.0950. The minimum absolute atomic E-state index is 0. The minimum Gasteiger partial charge on any atom is -0.356 e. The highest BCUT2D eigenvalue weighted by Crippen LogP contribution is 2.13. The van der Waals surface area contributed by atoms with Gasteiger partial charge in [0.2, 0.25) is 5.91 Å². The van der Waals surface area contributed by atoms with Gasteiger partial charge in [-0.05, 0) is 54.8 Å². The van der Waals surface area contributed by atoms with Crippen molar-refractivity contribution in [2.24, 2.45) is 4.99 Å². The average molecular weight is 558 g/mol. The Hall–Kier alpha value is -2.33. The molecule has 168 valence electrons. The number of carbonyl (C=O) groups excluding carboxylic acids is 2. The van der Waals surface area contributed by atoms with E-state index in [4.69, 9.17) is 11.6 Å². The van der Waals surface area contributed by atoms with Crippen LogP contribution < -0.4 is 21.3 Å². The molecule has 0 bridgehead atoms. The molecule has 9 heteroatoms. The summed E-state index contributed by atoms with van der Waals surface area (Å²) in [4.78, 5) is 27.9. The molecule has 0 aliphatic rings. The number of rotatable bonds is 9. The molecule has 0 spiro atoms. The topological polar surface area (TPSA) is 94.6 Å². The van der Waals surface area contributed by atoms with Gasteiger partial charge in [0.1, 0.15) is 0 Å². The van der Waals surface area contributed by atoms with Crippen LogP contribution in [0.1, 0.15) is 28.8 Å². The molecule has 7 nitrogen and oxygen atoms in total. The normalized spacial score (nSPS) is 10.6. The molecule has 0 atom stereocenters. The van der Waals surface area contributed by atoms with E-state index in [-0.39, 0.29) is 35.8 Å². The van der Waals surface area contributed by atoms with Crippen molar-refractivity contribution in [2.45, 2.75) is 19.3 Å². The van der Waals surface area contributed by atoms with Crippen LogP contribution in [-0.2, 0) is 11.2 Å². The Labute approximate surface area is 205 Å². The molecule has 2 amide bonds. The fourth-order valence-electron chi connectivity index (χ4n) is 2.77. The number of hydrogen-bond acceptors (Lipinski definition) is 3. The number of carbonyl (C=O) groups is 2. The summed E-state index contributed by atoms with van der Waals surface area (Å²) in [5.41, 5.74) is 2.45. The summed E-state index contributed by atoms with van der Waals surface area (Å²) in [7, 11) is 3.32. The molecule has 4 N–H and O–H groups in total. The summed E-state index contributed by atoms with van der Waals surface area (Å²) in [6.45, 7) is 1.30. The van der Waals surface area contributed by atoms with Crippen molar-refractivity contribution in [1.29, 1.82) is 0 Å². The molecule has 0 fully saturated rings. The van der Waals surface area contributed by atoms with Crippen LogP contribution in [0, 0.1) is 0 Å². The number of benzene rings is 2. The first-order valence-electron chi connectivity index (χ1n) is 9.82. The molecule has 0 aromatic heterocycles. The van der Waals surface area contributed by atoms with Crippen LogP contribution in [-0.4, -0.2) is 45.0 Å². The molecule has 0 aliphatic carbocycles. The number of anilines is 1. The van der Waals surface area contributed by atoms with Crippen molar-refractivity contribution >= 4 is 59.0 Å². The van der Waals surface area contributed by atoms with E-state index in [9.17, 15) is 9.59 Å². The Bertz CT molecular complexity index is 874. The maximum Gasteiger partial charge on any atom is 0.251 e. The number of halogens is 2. The Morgan fingerprint density at radius 3 is 2.42 bits per heavy atom. The third kappa shape index (κ3) is 10.0. The van der Waals surface area contributed by atoms with Crippen LogP contribution in [0.3, 0.4) is 0 Å². The fourth-order valence-corrected chi connectivity index (χ4v) is 2.90. The van der Waals surface area contributed by atoms with E-state index in [1.807, 2.05) is 18.2 Å². The number of nitrogens with zero attached hydrogens (tertiary/aromatic N) is 1. The molecule has 0 unspecified atom stereocenters. The number of aliphatic imine (C=N–C) groups is 1. The summed E-state index contributed by atoms with van der Waals surface area (Å²) < 4.78 is 0. The predicted molar refractivity (Wildman–Crippen MR) is 138 cm³/mol. The Morgan fingerprint density at radius 1 is 1.03 bits per heavy atom. The first kappa shape index (κ1) is 26.7.